The first-order chi connectivity index (χ1) is 11.3. The zero-order valence-corrected chi connectivity index (χ0v) is 14.8. The van der Waals surface area contributed by atoms with E-state index < -0.39 is 24.8 Å². The second-order valence-corrected chi connectivity index (χ2v) is 9.51. The lowest BCUT2D eigenvalue weighted by atomic mass is 10.1. The summed E-state index contributed by atoms with van der Waals surface area (Å²) in [5, 5.41) is 0.918. The van der Waals surface area contributed by atoms with Crippen molar-refractivity contribution < 1.29 is 16.8 Å². The van der Waals surface area contributed by atoms with Crippen LogP contribution in [0, 0.1) is 6.92 Å². The smallest absolute Gasteiger partial charge is 0.186 e. The molecule has 0 spiro atoms. The Kier molecular flexibility index (Phi) is 5.75. The number of benzene rings is 2. The van der Waals surface area contributed by atoms with Gasteiger partial charge in [0.2, 0.25) is 0 Å². The maximum atomic E-state index is 12.0. The van der Waals surface area contributed by atoms with Crippen LogP contribution >= 0.6 is 0 Å². The van der Waals surface area contributed by atoms with E-state index >= 15 is 0 Å². The lowest BCUT2D eigenvalue weighted by molar-refractivity contribution is 0.598. The molecule has 0 atom stereocenters. The van der Waals surface area contributed by atoms with Crippen LogP contribution < -0.4 is 0 Å². The van der Waals surface area contributed by atoms with Crippen LogP contribution in [0.25, 0.3) is 12.2 Å². The summed E-state index contributed by atoms with van der Waals surface area (Å²) in [7, 11) is -7.74. The lowest BCUT2D eigenvalue weighted by Crippen LogP contribution is -2.11. The Bertz CT molecular complexity index is 955. The van der Waals surface area contributed by atoms with Crippen molar-refractivity contribution in [1.29, 1.82) is 0 Å². The molecule has 0 aliphatic heterocycles. The monoisotopic (exact) mass is 362 g/mol. The van der Waals surface area contributed by atoms with Gasteiger partial charge in [0.05, 0.1) is 0 Å². The molecule has 0 amide bonds. The summed E-state index contributed by atoms with van der Waals surface area (Å²) < 4.78 is 48.0. The van der Waals surface area contributed by atoms with E-state index in [1.165, 1.54) is 12.2 Å². The minimum Gasteiger partial charge on any atom is -0.223 e. The molecule has 2 aromatic carbocycles. The van der Waals surface area contributed by atoms with E-state index in [9.17, 15) is 16.8 Å². The fourth-order valence-electron chi connectivity index (χ4n) is 2.01. The van der Waals surface area contributed by atoms with Gasteiger partial charge >= 0.3 is 0 Å². The van der Waals surface area contributed by atoms with E-state index in [-0.39, 0.29) is 0 Å². The van der Waals surface area contributed by atoms with Crippen LogP contribution in [0.3, 0.4) is 0 Å². The highest BCUT2D eigenvalue weighted by molar-refractivity contribution is 8.10. The average molecular weight is 362 g/mol. The number of sulfone groups is 2. The molecule has 4 nitrogen and oxygen atoms in total. The van der Waals surface area contributed by atoms with Crippen molar-refractivity contribution in [1.82, 2.24) is 0 Å². The first kappa shape index (κ1) is 18.2. The summed E-state index contributed by atoms with van der Waals surface area (Å²) in [6, 6.07) is 16.1. The second kappa shape index (κ2) is 7.59. The molecule has 2 rings (SSSR count). The van der Waals surface area contributed by atoms with Gasteiger partial charge in [0.25, 0.3) is 0 Å². The van der Waals surface area contributed by atoms with Gasteiger partial charge in [-0.2, -0.15) is 0 Å². The fourth-order valence-corrected chi connectivity index (χ4v) is 5.20. The van der Waals surface area contributed by atoms with Crippen LogP contribution in [0.1, 0.15) is 16.7 Å². The molecule has 0 fully saturated rings. The number of hydrogen-bond acceptors (Lipinski definition) is 4. The summed E-state index contributed by atoms with van der Waals surface area (Å²) in [5.41, 5.74) is 2.39. The zero-order valence-electron chi connectivity index (χ0n) is 13.2. The Labute approximate surface area is 143 Å². The molecule has 24 heavy (non-hydrogen) atoms. The van der Waals surface area contributed by atoms with Crippen molar-refractivity contribution >= 4 is 31.8 Å². The SMILES string of the molecule is Cc1cccc(/C=C/S(=O)(=O)CS(=O)(=O)/C=C/c2ccccc2)c1. The molecule has 6 heteroatoms. The van der Waals surface area contributed by atoms with Crippen molar-refractivity contribution in [3.63, 3.8) is 0 Å². The first-order valence-corrected chi connectivity index (χ1v) is 10.6. The Balaban J connectivity index is 2.11. The maximum Gasteiger partial charge on any atom is 0.186 e. The highest BCUT2D eigenvalue weighted by atomic mass is 32.3. The molecule has 0 saturated carbocycles. The Morgan fingerprint density at radius 1 is 0.750 bits per heavy atom. The molecule has 0 radical (unpaired) electrons. The lowest BCUT2D eigenvalue weighted by Gasteiger charge is -1.99. The number of rotatable bonds is 6. The zero-order chi connectivity index (χ0) is 17.6. The number of hydrogen-bond donors (Lipinski definition) is 0. The molecular weight excluding hydrogens is 344 g/mol. The predicted molar refractivity (Wildman–Crippen MR) is 98.4 cm³/mol. The van der Waals surface area contributed by atoms with Crippen molar-refractivity contribution in [2.45, 2.75) is 6.92 Å². The normalized spacial score (nSPS) is 12.9. The van der Waals surface area contributed by atoms with Crippen molar-refractivity contribution in [2.75, 3.05) is 5.08 Å². The third-order valence-corrected chi connectivity index (χ3v) is 6.84. The van der Waals surface area contributed by atoms with Crippen molar-refractivity contribution in [3.05, 3.63) is 82.1 Å². The minimum atomic E-state index is -3.87. The van der Waals surface area contributed by atoms with Crippen LogP contribution in [0.15, 0.2) is 65.4 Å². The van der Waals surface area contributed by atoms with E-state index in [1.807, 2.05) is 25.1 Å². The van der Waals surface area contributed by atoms with Crippen LogP contribution in [-0.2, 0) is 19.7 Å². The molecule has 0 saturated heterocycles. The summed E-state index contributed by atoms with van der Waals surface area (Å²) in [4.78, 5) is 0. The van der Waals surface area contributed by atoms with Gasteiger partial charge in [-0.05, 0) is 30.2 Å². The number of aryl methyl sites for hydroxylation is 1. The van der Waals surface area contributed by atoms with Gasteiger partial charge in [-0.15, -0.1) is 0 Å². The van der Waals surface area contributed by atoms with Gasteiger partial charge in [-0.1, -0.05) is 60.2 Å². The maximum absolute atomic E-state index is 12.0. The van der Waals surface area contributed by atoms with Gasteiger partial charge in [0.15, 0.2) is 24.8 Å². The topological polar surface area (TPSA) is 68.3 Å². The second-order valence-electron chi connectivity index (χ2n) is 5.37. The molecule has 0 aliphatic carbocycles. The third kappa shape index (κ3) is 6.14. The fraction of sp³-hybridized carbons (Fsp3) is 0.111. The van der Waals surface area contributed by atoms with Gasteiger partial charge < -0.3 is 0 Å². The van der Waals surface area contributed by atoms with Crippen molar-refractivity contribution in [2.24, 2.45) is 0 Å². The molecule has 0 heterocycles. The summed E-state index contributed by atoms with van der Waals surface area (Å²) >= 11 is 0. The highest BCUT2D eigenvalue weighted by Gasteiger charge is 2.17. The van der Waals surface area contributed by atoms with E-state index in [0.29, 0.717) is 11.1 Å². The van der Waals surface area contributed by atoms with Crippen molar-refractivity contribution in [3.8, 4) is 0 Å². The van der Waals surface area contributed by atoms with E-state index in [4.69, 9.17) is 0 Å². The van der Waals surface area contributed by atoms with Gasteiger partial charge in [0, 0.05) is 10.8 Å². The molecule has 0 aromatic heterocycles. The van der Waals surface area contributed by atoms with Crippen LogP contribution in [0.4, 0.5) is 0 Å². The largest absolute Gasteiger partial charge is 0.223 e. The molecule has 0 aliphatic rings. The van der Waals surface area contributed by atoms with Crippen LogP contribution in [0.5, 0.6) is 0 Å². The summed E-state index contributed by atoms with van der Waals surface area (Å²) in [5.74, 6) is 0. The third-order valence-electron chi connectivity index (χ3n) is 3.11. The Morgan fingerprint density at radius 3 is 1.88 bits per heavy atom. The van der Waals surface area contributed by atoms with Crippen LogP contribution in [0.2, 0.25) is 0 Å². The van der Waals surface area contributed by atoms with Crippen LogP contribution in [-0.4, -0.2) is 21.9 Å². The Morgan fingerprint density at radius 2 is 1.29 bits per heavy atom. The summed E-state index contributed by atoms with van der Waals surface area (Å²) in [6.45, 7) is 1.89. The standard InChI is InChI=1S/C18H18O4S2/c1-16-6-5-9-18(14-16)11-13-24(21,22)15-23(19,20)12-10-17-7-3-2-4-8-17/h2-14H,15H2,1H3/b12-10+,13-11+. The average Bonchev–Trinajstić information content (AvgIpc) is 2.52. The summed E-state index contributed by atoms with van der Waals surface area (Å²) in [6.07, 6.45) is 2.79. The van der Waals surface area contributed by atoms with E-state index in [1.54, 1.807) is 36.4 Å². The Hall–Kier alpha value is -2.18. The molecule has 0 N–H and O–H groups in total. The van der Waals surface area contributed by atoms with E-state index in [2.05, 4.69) is 0 Å². The molecule has 126 valence electrons. The van der Waals surface area contributed by atoms with Gasteiger partial charge in [-0.3, -0.25) is 0 Å². The van der Waals surface area contributed by atoms with E-state index in [0.717, 1.165) is 16.4 Å². The molecule has 2 aromatic rings. The highest BCUT2D eigenvalue weighted by Crippen LogP contribution is 2.10. The molecular formula is C18H18O4S2. The quantitative estimate of drug-likeness (QED) is 0.789. The predicted octanol–water partition coefficient (Wildman–Crippen LogP) is 3.42. The first-order valence-electron chi connectivity index (χ1n) is 7.19. The minimum absolute atomic E-state index is 0.689. The molecule has 0 unspecified atom stereocenters. The molecule has 0 bridgehead atoms. The van der Waals surface area contributed by atoms with Gasteiger partial charge in [-0.25, -0.2) is 16.8 Å². The van der Waals surface area contributed by atoms with Gasteiger partial charge in [0.1, 0.15) is 0 Å².